The van der Waals surface area contributed by atoms with E-state index in [4.69, 9.17) is 10.5 Å². The second kappa shape index (κ2) is 8.65. The van der Waals surface area contributed by atoms with Crippen LogP contribution < -0.4 is 11.1 Å². The average molecular weight is 334 g/mol. The first-order valence-corrected chi connectivity index (χ1v) is 8.14. The first-order valence-electron chi connectivity index (χ1n) is 8.14. The standard InChI is InChI=1S/C17H26N4O3/c1-13(10-20(2)11-14-6-4-3-5-7-14)19-17(23)21-8-9-24-15(12-21)16(18)22/h3-7,13,15H,8-12H2,1-2H3,(H2,18,22)(H,19,23)/t13-,15+/m1/s1. The van der Waals surface area contributed by atoms with Crippen molar-refractivity contribution in [2.45, 2.75) is 25.6 Å². The molecule has 1 fully saturated rings. The molecule has 24 heavy (non-hydrogen) atoms. The highest BCUT2D eigenvalue weighted by atomic mass is 16.5. The maximum Gasteiger partial charge on any atom is 0.317 e. The molecule has 0 saturated carbocycles. The molecule has 0 aromatic heterocycles. The summed E-state index contributed by atoms with van der Waals surface area (Å²) in [7, 11) is 2.02. The lowest BCUT2D eigenvalue weighted by molar-refractivity contribution is -0.133. The summed E-state index contributed by atoms with van der Waals surface area (Å²) >= 11 is 0. The molecule has 2 atom stereocenters. The predicted octanol–water partition coefficient (Wildman–Crippen LogP) is 0.403. The molecule has 1 heterocycles. The number of ether oxygens (including phenoxy) is 1. The number of nitrogens with zero attached hydrogens (tertiary/aromatic N) is 2. The predicted molar refractivity (Wildman–Crippen MR) is 91.3 cm³/mol. The van der Waals surface area contributed by atoms with Crippen molar-refractivity contribution in [2.75, 3.05) is 33.3 Å². The fraction of sp³-hybridized carbons (Fsp3) is 0.529. The molecule has 1 aromatic rings. The molecule has 1 saturated heterocycles. The maximum atomic E-state index is 12.3. The summed E-state index contributed by atoms with van der Waals surface area (Å²) in [6.45, 7) is 4.50. The molecular weight excluding hydrogens is 308 g/mol. The van der Waals surface area contributed by atoms with Gasteiger partial charge in [-0.1, -0.05) is 30.3 Å². The normalized spacial score (nSPS) is 19.1. The summed E-state index contributed by atoms with van der Waals surface area (Å²) in [6, 6.07) is 9.98. The Morgan fingerprint density at radius 1 is 1.42 bits per heavy atom. The molecule has 0 aliphatic carbocycles. The van der Waals surface area contributed by atoms with Crippen molar-refractivity contribution in [3.8, 4) is 0 Å². The Bertz CT molecular complexity index is 552. The van der Waals surface area contributed by atoms with Crippen LogP contribution in [0.25, 0.3) is 0 Å². The Morgan fingerprint density at radius 2 is 2.12 bits per heavy atom. The van der Waals surface area contributed by atoms with E-state index in [0.29, 0.717) is 13.2 Å². The topological polar surface area (TPSA) is 87.9 Å². The second-order valence-electron chi connectivity index (χ2n) is 6.24. The van der Waals surface area contributed by atoms with Crippen molar-refractivity contribution >= 4 is 11.9 Å². The SMILES string of the molecule is C[C@H](CN(C)Cc1ccccc1)NC(=O)N1CCO[C@H](C(N)=O)C1. The summed E-state index contributed by atoms with van der Waals surface area (Å²) in [6.07, 6.45) is -0.722. The van der Waals surface area contributed by atoms with E-state index < -0.39 is 12.0 Å². The maximum absolute atomic E-state index is 12.3. The van der Waals surface area contributed by atoms with Crippen LogP contribution in [0.15, 0.2) is 30.3 Å². The molecule has 3 amide bonds. The van der Waals surface area contributed by atoms with Crippen molar-refractivity contribution in [3.05, 3.63) is 35.9 Å². The zero-order valence-electron chi connectivity index (χ0n) is 14.3. The van der Waals surface area contributed by atoms with Gasteiger partial charge in [-0.05, 0) is 19.5 Å². The molecule has 7 nitrogen and oxygen atoms in total. The number of likely N-dealkylation sites (N-methyl/N-ethyl adjacent to an activating group) is 1. The number of rotatable bonds is 6. The number of amides is 3. The van der Waals surface area contributed by atoms with Gasteiger partial charge in [0.2, 0.25) is 5.91 Å². The van der Waals surface area contributed by atoms with Crippen molar-refractivity contribution in [1.82, 2.24) is 15.1 Å². The molecule has 0 unspecified atom stereocenters. The molecule has 0 bridgehead atoms. The highest BCUT2D eigenvalue weighted by molar-refractivity contribution is 5.81. The fourth-order valence-corrected chi connectivity index (χ4v) is 2.78. The molecule has 1 aliphatic rings. The average Bonchev–Trinajstić information content (AvgIpc) is 2.55. The minimum atomic E-state index is -0.722. The van der Waals surface area contributed by atoms with Crippen LogP contribution in [-0.4, -0.2) is 67.2 Å². The number of carbonyl (C=O) groups is 2. The first-order chi connectivity index (χ1) is 11.5. The number of hydrogen-bond acceptors (Lipinski definition) is 4. The Hall–Kier alpha value is -2.12. The monoisotopic (exact) mass is 334 g/mol. The quantitative estimate of drug-likeness (QED) is 0.788. The number of morpholine rings is 1. The van der Waals surface area contributed by atoms with Gasteiger partial charge in [0, 0.05) is 25.7 Å². The number of urea groups is 1. The summed E-state index contributed by atoms with van der Waals surface area (Å²) < 4.78 is 5.25. The molecule has 132 valence electrons. The van der Waals surface area contributed by atoms with Gasteiger partial charge in [-0.15, -0.1) is 0 Å². The number of carbonyl (C=O) groups excluding carboxylic acids is 2. The zero-order chi connectivity index (χ0) is 17.5. The van der Waals surface area contributed by atoms with Gasteiger partial charge in [0.25, 0.3) is 0 Å². The lowest BCUT2D eigenvalue weighted by Gasteiger charge is -2.32. The third-order valence-corrected chi connectivity index (χ3v) is 3.92. The largest absolute Gasteiger partial charge is 0.367 e. The van der Waals surface area contributed by atoms with Crippen LogP contribution in [0.4, 0.5) is 4.79 Å². The van der Waals surface area contributed by atoms with Crippen LogP contribution in [0.1, 0.15) is 12.5 Å². The lowest BCUT2D eigenvalue weighted by atomic mass is 10.2. The Kier molecular flexibility index (Phi) is 6.57. The molecule has 7 heteroatoms. The van der Waals surface area contributed by atoms with Gasteiger partial charge in [0.15, 0.2) is 6.10 Å². The van der Waals surface area contributed by atoms with Crippen molar-refractivity contribution in [3.63, 3.8) is 0 Å². The molecule has 2 rings (SSSR count). The summed E-state index contributed by atoms with van der Waals surface area (Å²) in [5, 5.41) is 2.96. The number of benzene rings is 1. The van der Waals surface area contributed by atoms with Crippen LogP contribution in [0, 0.1) is 0 Å². The zero-order valence-corrected chi connectivity index (χ0v) is 14.3. The number of hydrogen-bond donors (Lipinski definition) is 2. The second-order valence-corrected chi connectivity index (χ2v) is 6.24. The molecule has 0 radical (unpaired) electrons. The highest BCUT2D eigenvalue weighted by Crippen LogP contribution is 2.06. The Morgan fingerprint density at radius 3 is 2.79 bits per heavy atom. The number of primary amides is 1. The van der Waals surface area contributed by atoms with E-state index in [1.807, 2.05) is 32.2 Å². The van der Waals surface area contributed by atoms with Crippen LogP contribution >= 0.6 is 0 Å². The third kappa shape index (κ3) is 5.50. The van der Waals surface area contributed by atoms with Crippen LogP contribution in [-0.2, 0) is 16.1 Å². The van der Waals surface area contributed by atoms with E-state index >= 15 is 0 Å². The van der Waals surface area contributed by atoms with Gasteiger partial charge < -0.3 is 25.6 Å². The Labute approximate surface area is 142 Å². The van der Waals surface area contributed by atoms with Gasteiger partial charge >= 0.3 is 6.03 Å². The van der Waals surface area contributed by atoms with E-state index in [-0.39, 0.29) is 18.6 Å². The lowest BCUT2D eigenvalue weighted by Crippen LogP contribution is -2.55. The smallest absolute Gasteiger partial charge is 0.317 e. The summed E-state index contributed by atoms with van der Waals surface area (Å²) in [4.78, 5) is 27.2. The van der Waals surface area contributed by atoms with Crippen LogP contribution in [0.5, 0.6) is 0 Å². The molecular formula is C17H26N4O3. The van der Waals surface area contributed by atoms with Gasteiger partial charge in [-0.3, -0.25) is 4.79 Å². The van der Waals surface area contributed by atoms with Gasteiger partial charge in [-0.25, -0.2) is 4.79 Å². The van der Waals surface area contributed by atoms with E-state index in [0.717, 1.165) is 13.1 Å². The van der Waals surface area contributed by atoms with Crippen molar-refractivity contribution < 1.29 is 14.3 Å². The van der Waals surface area contributed by atoms with Crippen LogP contribution in [0.2, 0.25) is 0 Å². The minimum Gasteiger partial charge on any atom is -0.367 e. The molecule has 3 N–H and O–H groups in total. The third-order valence-electron chi connectivity index (χ3n) is 3.92. The van der Waals surface area contributed by atoms with E-state index in [9.17, 15) is 9.59 Å². The first kappa shape index (κ1) is 18.2. The van der Waals surface area contributed by atoms with Crippen LogP contribution in [0.3, 0.4) is 0 Å². The van der Waals surface area contributed by atoms with Gasteiger partial charge in [-0.2, -0.15) is 0 Å². The molecule has 1 aromatic carbocycles. The summed E-state index contributed by atoms with van der Waals surface area (Å²) in [5.74, 6) is -0.539. The number of nitrogens with two attached hydrogens (primary N) is 1. The number of nitrogens with one attached hydrogen (secondary N) is 1. The van der Waals surface area contributed by atoms with E-state index in [1.165, 1.54) is 5.56 Å². The fourth-order valence-electron chi connectivity index (χ4n) is 2.78. The van der Waals surface area contributed by atoms with E-state index in [2.05, 4.69) is 22.3 Å². The van der Waals surface area contributed by atoms with Crippen molar-refractivity contribution in [1.29, 1.82) is 0 Å². The molecule has 1 aliphatic heterocycles. The van der Waals surface area contributed by atoms with Gasteiger partial charge in [0.05, 0.1) is 13.2 Å². The Balaban J connectivity index is 1.77. The minimum absolute atomic E-state index is 0.0129. The highest BCUT2D eigenvalue weighted by Gasteiger charge is 2.28. The van der Waals surface area contributed by atoms with Gasteiger partial charge in [0.1, 0.15) is 0 Å². The van der Waals surface area contributed by atoms with E-state index in [1.54, 1.807) is 4.90 Å². The molecule has 0 spiro atoms. The van der Waals surface area contributed by atoms with Crippen molar-refractivity contribution in [2.24, 2.45) is 5.73 Å². The summed E-state index contributed by atoms with van der Waals surface area (Å²) in [5.41, 5.74) is 6.47.